The first-order chi connectivity index (χ1) is 17.4. The first kappa shape index (κ1) is 26.0. The fourth-order valence-corrected chi connectivity index (χ4v) is 4.38. The maximum atomic E-state index is 15.2. The molecule has 0 saturated heterocycles. The summed E-state index contributed by atoms with van der Waals surface area (Å²) in [6.45, 7) is 2.70. The minimum Gasteiger partial charge on any atom is -0.493 e. The summed E-state index contributed by atoms with van der Waals surface area (Å²) in [4.78, 5) is 0. The molecule has 0 spiro atoms. The van der Waals surface area contributed by atoms with Crippen molar-refractivity contribution in [3.05, 3.63) is 100 Å². The van der Waals surface area contributed by atoms with Gasteiger partial charge in [0.1, 0.15) is 34.0 Å². The van der Waals surface area contributed by atoms with Gasteiger partial charge in [0, 0.05) is 17.0 Å². The molecule has 6 heteroatoms. The zero-order valence-corrected chi connectivity index (χ0v) is 20.8. The second-order valence-electron chi connectivity index (χ2n) is 8.90. The Morgan fingerprint density at radius 3 is 2.25 bits per heavy atom. The number of halogens is 5. The van der Waals surface area contributed by atoms with E-state index < -0.39 is 28.3 Å². The number of fused-ring (bicyclic) bond motifs is 1. The third kappa shape index (κ3) is 6.01. The summed E-state index contributed by atoms with van der Waals surface area (Å²) in [5.41, 5.74) is 1.87. The van der Waals surface area contributed by atoms with Crippen LogP contribution in [0.25, 0.3) is 21.9 Å². The normalized spacial score (nSPS) is 11.3. The second-order valence-corrected chi connectivity index (χ2v) is 9.28. The van der Waals surface area contributed by atoms with Crippen LogP contribution in [0.1, 0.15) is 43.7 Å². The van der Waals surface area contributed by atoms with Crippen LogP contribution >= 0.6 is 11.6 Å². The van der Waals surface area contributed by atoms with Crippen LogP contribution in [0.3, 0.4) is 0 Å². The lowest BCUT2D eigenvalue weighted by atomic mass is 9.97. The van der Waals surface area contributed by atoms with Crippen molar-refractivity contribution in [1.29, 1.82) is 0 Å². The molecule has 0 amide bonds. The van der Waals surface area contributed by atoms with Gasteiger partial charge in [-0.3, -0.25) is 0 Å². The van der Waals surface area contributed by atoms with Crippen molar-refractivity contribution in [3.8, 4) is 16.9 Å². The Kier molecular flexibility index (Phi) is 8.52. The van der Waals surface area contributed by atoms with Gasteiger partial charge in [-0.2, -0.15) is 0 Å². The molecule has 0 aromatic heterocycles. The predicted molar refractivity (Wildman–Crippen MR) is 138 cm³/mol. The molecule has 4 aromatic rings. The highest BCUT2D eigenvalue weighted by Gasteiger charge is 2.13. The summed E-state index contributed by atoms with van der Waals surface area (Å²) in [7, 11) is 0. The summed E-state index contributed by atoms with van der Waals surface area (Å²) in [6.07, 6.45) is 4.84. The Hall–Kier alpha value is -3.05. The topological polar surface area (TPSA) is 9.23 Å². The van der Waals surface area contributed by atoms with E-state index in [-0.39, 0.29) is 12.8 Å². The molecular formula is C30H27ClF4O. The van der Waals surface area contributed by atoms with Crippen LogP contribution in [0.15, 0.2) is 60.7 Å². The molecule has 0 fully saturated rings. The molecule has 0 atom stereocenters. The third-order valence-electron chi connectivity index (χ3n) is 6.28. The highest BCUT2D eigenvalue weighted by atomic mass is 35.5. The average Bonchev–Trinajstić information content (AvgIpc) is 2.86. The highest BCUT2D eigenvalue weighted by molar-refractivity contribution is 6.30. The molecule has 0 N–H and O–H groups in total. The summed E-state index contributed by atoms with van der Waals surface area (Å²) >= 11 is 5.53. The van der Waals surface area contributed by atoms with Crippen molar-refractivity contribution < 1.29 is 22.3 Å². The Morgan fingerprint density at radius 2 is 1.53 bits per heavy atom. The lowest BCUT2D eigenvalue weighted by molar-refractivity contribution is 0.303. The lowest BCUT2D eigenvalue weighted by Crippen LogP contribution is -1.98. The number of rotatable bonds is 10. The number of ether oxygens (including phenoxy) is 1. The van der Waals surface area contributed by atoms with Gasteiger partial charge >= 0.3 is 0 Å². The molecule has 0 aliphatic heterocycles. The molecule has 36 heavy (non-hydrogen) atoms. The molecule has 0 aliphatic carbocycles. The van der Waals surface area contributed by atoms with Crippen LogP contribution in [0.2, 0.25) is 5.02 Å². The monoisotopic (exact) mass is 514 g/mol. The molecule has 4 rings (SSSR count). The van der Waals surface area contributed by atoms with E-state index in [1.807, 2.05) is 0 Å². The van der Waals surface area contributed by atoms with Crippen molar-refractivity contribution >= 4 is 22.4 Å². The van der Waals surface area contributed by atoms with Gasteiger partial charge in [-0.15, -0.1) is 0 Å². The highest BCUT2D eigenvalue weighted by Crippen LogP contribution is 2.31. The molecule has 0 radical (unpaired) electrons. The molecule has 0 unspecified atom stereocenters. The van der Waals surface area contributed by atoms with Gasteiger partial charge in [0.15, 0.2) is 0 Å². The maximum Gasteiger partial charge on any atom is 0.145 e. The molecule has 4 aromatic carbocycles. The summed E-state index contributed by atoms with van der Waals surface area (Å²) in [5.74, 6) is -1.99. The zero-order valence-electron chi connectivity index (χ0n) is 20.0. The first-order valence-corrected chi connectivity index (χ1v) is 12.5. The Morgan fingerprint density at radius 1 is 0.750 bits per heavy atom. The quantitative estimate of drug-likeness (QED) is 0.116. The SMILES string of the molecule is CCCCCCOc1ccc(-c2ccc3c(F)c(CCc4cc(F)c(Cl)c(F)c4)ccc3c2)c(F)c1. The minimum atomic E-state index is -0.836. The molecular weight excluding hydrogens is 488 g/mol. The van der Waals surface area contributed by atoms with Crippen LogP contribution in [0.5, 0.6) is 5.75 Å². The average molecular weight is 515 g/mol. The van der Waals surface area contributed by atoms with Crippen LogP contribution in [-0.2, 0) is 12.8 Å². The number of unbranched alkanes of at least 4 members (excludes halogenated alkanes) is 3. The van der Waals surface area contributed by atoms with Crippen LogP contribution in [0.4, 0.5) is 17.6 Å². The van der Waals surface area contributed by atoms with E-state index in [1.165, 1.54) is 6.07 Å². The van der Waals surface area contributed by atoms with Gasteiger partial charge < -0.3 is 4.74 Å². The molecule has 1 nitrogen and oxygen atoms in total. The Balaban J connectivity index is 1.49. The number of aryl methyl sites for hydroxylation is 2. The molecule has 0 saturated carbocycles. The molecule has 0 bridgehead atoms. The molecule has 188 valence electrons. The Labute approximate surface area is 213 Å². The van der Waals surface area contributed by atoms with E-state index in [4.69, 9.17) is 16.3 Å². The fourth-order valence-electron chi connectivity index (χ4n) is 4.27. The van der Waals surface area contributed by atoms with Crippen LogP contribution in [0, 0.1) is 23.3 Å². The van der Waals surface area contributed by atoms with Crippen molar-refractivity contribution in [2.75, 3.05) is 6.61 Å². The van der Waals surface area contributed by atoms with Gasteiger partial charge in [0.2, 0.25) is 0 Å². The van der Waals surface area contributed by atoms with Crippen molar-refractivity contribution in [3.63, 3.8) is 0 Å². The van der Waals surface area contributed by atoms with Gasteiger partial charge in [0.05, 0.1) is 6.61 Å². The standard InChI is InChI=1S/C30H27ClF4O/c1-2-3-4-5-14-36-23-11-13-24(26(32)18-23)21-10-12-25-22(17-21)9-8-20(30(25)35)7-6-19-15-27(33)29(31)28(34)16-19/h8-13,15-18H,2-7,14H2,1H3. The van der Waals surface area contributed by atoms with Gasteiger partial charge in [-0.25, -0.2) is 17.6 Å². The van der Waals surface area contributed by atoms with Crippen molar-refractivity contribution in [2.24, 2.45) is 0 Å². The van der Waals surface area contributed by atoms with E-state index in [1.54, 1.807) is 42.5 Å². The fraction of sp³-hybridized carbons (Fsp3) is 0.267. The van der Waals surface area contributed by atoms with Gasteiger partial charge in [-0.1, -0.05) is 62.1 Å². The smallest absolute Gasteiger partial charge is 0.145 e. The van der Waals surface area contributed by atoms with Gasteiger partial charge in [-0.05, 0) is 71.7 Å². The maximum absolute atomic E-state index is 15.2. The van der Waals surface area contributed by atoms with E-state index in [0.717, 1.165) is 37.8 Å². The second kappa shape index (κ2) is 11.8. The minimum absolute atomic E-state index is 0.254. The van der Waals surface area contributed by atoms with Crippen molar-refractivity contribution in [2.45, 2.75) is 45.4 Å². The van der Waals surface area contributed by atoms with Crippen LogP contribution < -0.4 is 4.74 Å². The van der Waals surface area contributed by atoms with E-state index in [0.29, 0.717) is 45.4 Å². The summed E-state index contributed by atoms with van der Waals surface area (Å²) in [6, 6.07) is 15.6. The Bertz CT molecular complexity index is 1350. The van der Waals surface area contributed by atoms with E-state index >= 15 is 4.39 Å². The number of hydrogen-bond acceptors (Lipinski definition) is 1. The number of hydrogen-bond donors (Lipinski definition) is 0. The number of benzene rings is 4. The summed E-state index contributed by atoms with van der Waals surface area (Å²) in [5, 5.41) is 0.484. The van der Waals surface area contributed by atoms with E-state index in [9.17, 15) is 13.2 Å². The predicted octanol–water partition coefficient (Wildman–Crippen LogP) is 9.46. The van der Waals surface area contributed by atoms with Gasteiger partial charge in [0.25, 0.3) is 0 Å². The largest absolute Gasteiger partial charge is 0.493 e. The third-order valence-corrected chi connectivity index (χ3v) is 6.64. The zero-order chi connectivity index (χ0) is 25.7. The lowest BCUT2D eigenvalue weighted by Gasteiger charge is -2.11. The van der Waals surface area contributed by atoms with Crippen molar-refractivity contribution in [1.82, 2.24) is 0 Å². The molecule has 0 heterocycles. The van der Waals surface area contributed by atoms with E-state index in [2.05, 4.69) is 6.92 Å². The first-order valence-electron chi connectivity index (χ1n) is 12.1. The molecule has 0 aliphatic rings. The van der Waals surface area contributed by atoms with Crippen LogP contribution in [-0.4, -0.2) is 6.61 Å². The summed E-state index contributed by atoms with van der Waals surface area (Å²) < 4.78 is 63.1.